The number of amides is 1. The van der Waals surface area contributed by atoms with Gasteiger partial charge in [-0.2, -0.15) is 15.4 Å². The molecule has 0 aromatic carbocycles. The number of anilines is 1. The highest BCUT2D eigenvalue weighted by molar-refractivity contribution is 6.07. The summed E-state index contributed by atoms with van der Waals surface area (Å²) >= 11 is 0. The van der Waals surface area contributed by atoms with Crippen LogP contribution in [0.15, 0.2) is 12.4 Å². The molecule has 0 radical (unpaired) electrons. The lowest BCUT2D eigenvalue weighted by molar-refractivity contribution is 0.0697. The van der Waals surface area contributed by atoms with E-state index in [0.717, 1.165) is 0 Å². The molecule has 2 aromatic heterocycles. The van der Waals surface area contributed by atoms with Crippen molar-refractivity contribution in [1.82, 2.24) is 20.4 Å². The van der Waals surface area contributed by atoms with Gasteiger partial charge in [-0.25, -0.2) is 4.79 Å². The zero-order valence-corrected chi connectivity index (χ0v) is 8.81. The number of aromatic nitrogens is 4. The number of carboxylic acid groups (broad SMARTS) is 1. The number of carbonyl (C=O) groups excluding carboxylic acids is 1. The molecule has 88 valence electrons. The predicted octanol–water partition coefficient (Wildman–Crippen LogP) is 0.392. The van der Waals surface area contributed by atoms with Crippen molar-refractivity contribution in [2.24, 2.45) is 0 Å². The fraction of sp³-hybridized carbons (Fsp3) is 0.111. The maximum atomic E-state index is 11.6. The monoisotopic (exact) mass is 235 g/mol. The summed E-state index contributed by atoms with van der Waals surface area (Å²) in [5.74, 6) is -1.64. The lowest BCUT2D eigenvalue weighted by Gasteiger charge is -2.01. The van der Waals surface area contributed by atoms with E-state index in [1.54, 1.807) is 6.92 Å². The summed E-state index contributed by atoms with van der Waals surface area (Å²) in [5.41, 5.74) is 0.776. The first-order chi connectivity index (χ1) is 8.09. The highest BCUT2D eigenvalue weighted by Crippen LogP contribution is 2.19. The van der Waals surface area contributed by atoms with E-state index < -0.39 is 11.9 Å². The standard InChI is InChI=1S/C9H9N5O3/c1-4-7(9(16)17)5(2-10-4)12-8(15)6-3-11-14-13-6/h2-3,10H,1H3,(H,12,15)(H,16,17)(H,11,13,14). The van der Waals surface area contributed by atoms with Crippen molar-refractivity contribution in [2.45, 2.75) is 6.92 Å². The first kappa shape index (κ1) is 10.9. The number of nitrogens with one attached hydrogen (secondary N) is 3. The van der Waals surface area contributed by atoms with Crippen LogP contribution in [0.25, 0.3) is 0 Å². The Bertz CT molecular complexity index is 557. The Hall–Kier alpha value is -2.64. The molecule has 8 heteroatoms. The summed E-state index contributed by atoms with van der Waals surface area (Å²) in [6.45, 7) is 1.61. The first-order valence-corrected chi connectivity index (χ1v) is 4.68. The van der Waals surface area contributed by atoms with Gasteiger partial charge in [0, 0.05) is 11.9 Å². The largest absolute Gasteiger partial charge is 0.478 e. The minimum atomic E-state index is -1.11. The maximum Gasteiger partial charge on any atom is 0.339 e. The van der Waals surface area contributed by atoms with Crippen molar-refractivity contribution in [3.05, 3.63) is 29.3 Å². The van der Waals surface area contributed by atoms with Crippen LogP contribution >= 0.6 is 0 Å². The Balaban J connectivity index is 2.25. The second kappa shape index (κ2) is 4.08. The third kappa shape index (κ3) is 2.00. The van der Waals surface area contributed by atoms with Gasteiger partial charge in [-0.1, -0.05) is 0 Å². The molecule has 0 saturated heterocycles. The Morgan fingerprint density at radius 1 is 1.47 bits per heavy atom. The van der Waals surface area contributed by atoms with Gasteiger partial charge in [0.25, 0.3) is 5.91 Å². The molecule has 0 aliphatic carbocycles. The van der Waals surface area contributed by atoms with Crippen LogP contribution in [-0.2, 0) is 0 Å². The van der Waals surface area contributed by atoms with E-state index in [4.69, 9.17) is 5.11 Å². The number of rotatable bonds is 3. The van der Waals surface area contributed by atoms with Gasteiger partial charge in [-0.05, 0) is 6.92 Å². The van der Waals surface area contributed by atoms with E-state index in [2.05, 4.69) is 25.7 Å². The van der Waals surface area contributed by atoms with Crippen LogP contribution < -0.4 is 5.32 Å². The van der Waals surface area contributed by atoms with Gasteiger partial charge in [-0.15, -0.1) is 0 Å². The summed E-state index contributed by atoms with van der Waals surface area (Å²) in [4.78, 5) is 25.3. The number of H-pyrrole nitrogens is 2. The van der Waals surface area contributed by atoms with E-state index in [9.17, 15) is 9.59 Å². The lowest BCUT2D eigenvalue weighted by Crippen LogP contribution is -2.14. The Kier molecular flexibility index (Phi) is 2.61. The minimum Gasteiger partial charge on any atom is -0.478 e. The third-order valence-corrected chi connectivity index (χ3v) is 2.19. The number of aryl methyl sites for hydroxylation is 1. The van der Waals surface area contributed by atoms with Gasteiger partial charge < -0.3 is 15.4 Å². The van der Waals surface area contributed by atoms with Crippen LogP contribution in [0.4, 0.5) is 5.69 Å². The van der Waals surface area contributed by atoms with Crippen LogP contribution in [0, 0.1) is 6.92 Å². The van der Waals surface area contributed by atoms with Gasteiger partial charge in [0.2, 0.25) is 0 Å². The highest BCUT2D eigenvalue weighted by Gasteiger charge is 2.18. The number of hydrogen-bond donors (Lipinski definition) is 4. The molecule has 0 fully saturated rings. The average molecular weight is 235 g/mol. The second-order valence-electron chi connectivity index (χ2n) is 3.32. The predicted molar refractivity (Wildman–Crippen MR) is 56.8 cm³/mol. The Morgan fingerprint density at radius 2 is 2.24 bits per heavy atom. The molecule has 1 amide bonds. The van der Waals surface area contributed by atoms with Gasteiger partial charge in [-0.3, -0.25) is 4.79 Å². The molecule has 8 nitrogen and oxygen atoms in total. The van der Waals surface area contributed by atoms with Crippen molar-refractivity contribution in [1.29, 1.82) is 0 Å². The molecule has 17 heavy (non-hydrogen) atoms. The molecule has 0 spiro atoms. The van der Waals surface area contributed by atoms with Gasteiger partial charge in [0.1, 0.15) is 5.56 Å². The Morgan fingerprint density at radius 3 is 2.82 bits per heavy atom. The molecular weight excluding hydrogens is 226 g/mol. The zero-order chi connectivity index (χ0) is 12.4. The van der Waals surface area contributed by atoms with E-state index in [0.29, 0.717) is 5.69 Å². The minimum absolute atomic E-state index is 0.0295. The summed E-state index contributed by atoms with van der Waals surface area (Å²) in [6, 6.07) is 0. The maximum absolute atomic E-state index is 11.6. The number of aromatic carboxylic acids is 1. The topological polar surface area (TPSA) is 124 Å². The van der Waals surface area contributed by atoms with Crippen molar-refractivity contribution in [3.63, 3.8) is 0 Å². The van der Waals surface area contributed by atoms with E-state index in [-0.39, 0.29) is 16.9 Å². The normalized spacial score (nSPS) is 10.2. The molecule has 2 heterocycles. The molecule has 2 rings (SSSR count). The molecule has 0 saturated carbocycles. The molecule has 2 aromatic rings. The molecular formula is C9H9N5O3. The Labute approximate surface area is 95.0 Å². The summed E-state index contributed by atoms with van der Waals surface area (Å²) in [6.07, 6.45) is 2.66. The van der Waals surface area contributed by atoms with Crippen LogP contribution in [0.5, 0.6) is 0 Å². The summed E-state index contributed by atoms with van der Waals surface area (Å²) in [7, 11) is 0. The second-order valence-corrected chi connectivity index (χ2v) is 3.32. The molecule has 0 aliphatic rings. The van der Waals surface area contributed by atoms with Crippen molar-refractivity contribution < 1.29 is 14.7 Å². The van der Waals surface area contributed by atoms with Crippen molar-refractivity contribution in [2.75, 3.05) is 5.32 Å². The van der Waals surface area contributed by atoms with Gasteiger partial charge in [0.15, 0.2) is 5.69 Å². The lowest BCUT2D eigenvalue weighted by atomic mass is 10.2. The highest BCUT2D eigenvalue weighted by atomic mass is 16.4. The quantitative estimate of drug-likeness (QED) is 0.612. The van der Waals surface area contributed by atoms with E-state index >= 15 is 0 Å². The number of carbonyl (C=O) groups is 2. The number of carboxylic acids is 1. The van der Waals surface area contributed by atoms with E-state index in [1.807, 2.05) is 0 Å². The molecule has 0 bridgehead atoms. The van der Waals surface area contributed by atoms with E-state index in [1.165, 1.54) is 12.4 Å². The molecule has 4 N–H and O–H groups in total. The summed E-state index contributed by atoms with van der Waals surface area (Å²) < 4.78 is 0. The molecule has 0 unspecified atom stereocenters. The van der Waals surface area contributed by atoms with Crippen LogP contribution in [0.3, 0.4) is 0 Å². The first-order valence-electron chi connectivity index (χ1n) is 4.68. The van der Waals surface area contributed by atoms with Crippen LogP contribution in [0.1, 0.15) is 26.5 Å². The van der Waals surface area contributed by atoms with Crippen LogP contribution in [-0.4, -0.2) is 37.4 Å². The average Bonchev–Trinajstić information content (AvgIpc) is 2.87. The molecule has 0 aliphatic heterocycles. The fourth-order valence-corrected chi connectivity index (χ4v) is 1.40. The molecule has 0 atom stereocenters. The van der Waals surface area contributed by atoms with Gasteiger partial charge in [0.05, 0.1) is 11.9 Å². The van der Waals surface area contributed by atoms with Crippen molar-refractivity contribution in [3.8, 4) is 0 Å². The van der Waals surface area contributed by atoms with Crippen LogP contribution in [0.2, 0.25) is 0 Å². The SMILES string of the molecule is Cc1[nH]cc(NC(=O)c2cn[nH]n2)c1C(=O)O. The number of nitrogens with zero attached hydrogens (tertiary/aromatic N) is 2. The zero-order valence-electron chi connectivity index (χ0n) is 8.81. The van der Waals surface area contributed by atoms with Crippen molar-refractivity contribution >= 4 is 17.6 Å². The summed E-state index contributed by atoms with van der Waals surface area (Å²) in [5, 5.41) is 20.8. The number of aromatic amines is 2. The number of hydrogen-bond acceptors (Lipinski definition) is 4. The fourth-order valence-electron chi connectivity index (χ4n) is 1.40. The third-order valence-electron chi connectivity index (χ3n) is 2.19. The van der Waals surface area contributed by atoms with Gasteiger partial charge >= 0.3 is 5.97 Å². The smallest absolute Gasteiger partial charge is 0.339 e.